The van der Waals surface area contributed by atoms with Gasteiger partial charge in [0.25, 0.3) is 0 Å². The number of ether oxygens (including phenoxy) is 1. The van der Waals surface area contributed by atoms with Gasteiger partial charge in [0.2, 0.25) is 10.0 Å². The number of alkyl halides is 3. The van der Waals surface area contributed by atoms with Crippen LogP contribution in [0.5, 0.6) is 0 Å². The molecule has 1 unspecified atom stereocenters. The summed E-state index contributed by atoms with van der Waals surface area (Å²) >= 11 is 0. The predicted octanol–water partition coefficient (Wildman–Crippen LogP) is 2.92. The number of halogens is 4. The van der Waals surface area contributed by atoms with Crippen LogP contribution in [-0.4, -0.2) is 32.8 Å². The average molecular weight is 390 g/mol. The van der Waals surface area contributed by atoms with Gasteiger partial charge in [-0.25, -0.2) is 12.8 Å². The van der Waals surface area contributed by atoms with E-state index in [1.54, 1.807) is 4.72 Å². The highest BCUT2D eigenvalue weighted by molar-refractivity contribution is 7.89. The second-order valence-corrected chi connectivity index (χ2v) is 7.55. The second kappa shape index (κ2) is 6.93. The van der Waals surface area contributed by atoms with Crippen molar-refractivity contribution in [1.82, 2.24) is 9.71 Å². The zero-order valence-corrected chi connectivity index (χ0v) is 14.0. The molecular weight excluding hydrogens is 376 g/mol. The lowest BCUT2D eigenvalue weighted by atomic mass is 10.00. The summed E-state index contributed by atoms with van der Waals surface area (Å²) < 4.78 is 84.7. The zero-order valence-electron chi connectivity index (χ0n) is 13.2. The van der Waals surface area contributed by atoms with Crippen LogP contribution in [0, 0.1) is 5.82 Å². The van der Waals surface area contributed by atoms with E-state index in [2.05, 4.69) is 4.98 Å². The first kappa shape index (κ1) is 18.7. The molecule has 1 fully saturated rings. The lowest BCUT2D eigenvalue weighted by Gasteiger charge is -2.26. The maximum absolute atomic E-state index is 13.4. The fraction of sp³-hybridized carbons (Fsp3) is 0.312. The highest BCUT2D eigenvalue weighted by Gasteiger charge is 2.43. The van der Waals surface area contributed by atoms with Crippen molar-refractivity contribution in [3.63, 3.8) is 0 Å². The number of aromatic nitrogens is 1. The third kappa shape index (κ3) is 4.02. The molecule has 0 bridgehead atoms. The summed E-state index contributed by atoms with van der Waals surface area (Å²) in [7, 11) is -4.51. The predicted molar refractivity (Wildman–Crippen MR) is 83.3 cm³/mol. The number of hydrogen-bond acceptors (Lipinski definition) is 4. The molecule has 1 N–H and O–H groups in total. The molecule has 1 saturated heterocycles. The van der Waals surface area contributed by atoms with E-state index in [1.165, 1.54) is 12.3 Å². The SMILES string of the molecule is O=S(=O)(NC(c1ccc(F)cc1)C(F)(F)F)c1cncc(C2COC2)c1. The Labute approximate surface area is 147 Å². The number of rotatable bonds is 5. The van der Waals surface area contributed by atoms with E-state index in [-0.39, 0.29) is 10.8 Å². The topological polar surface area (TPSA) is 68.3 Å². The lowest BCUT2D eigenvalue weighted by molar-refractivity contribution is -0.153. The summed E-state index contributed by atoms with van der Waals surface area (Å²) in [5.41, 5.74) is 0.156. The molecule has 1 aliphatic heterocycles. The van der Waals surface area contributed by atoms with Crippen molar-refractivity contribution < 1.29 is 30.7 Å². The van der Waals surface area contributed by atoms with Crippen LogP contribution in [0.15, 0.2) is 47.6 Å². The van der Waals surface area contributed by atoms with Crippen molar-refractivity contribution in [1.29, 1.82) is 0 Å². The Bertz CT molecular complexity index is 881. The largest absolute Gasteiger partial charge is 0.408 e. The number of benzene rings is 1. The van der Waals surface area contributed by atoms with Crippen LogP contribution in [0.3, 0.4) is 0 Å². The molecule has 3 rings (SSSR count). The number of sulfonamides is 1. The Hall–Kier alpha value is -2.04. The van der Waals surface area contributed by atoms with Crippen LogP contribution < -0.4 is 4.72 Å². The Morgan fingerprint density at radius 3 is 2.35 bits per heavy atom. The molecule has 1 aliphatic rings. The maximum Gasteiger partial charge on any atom is 0.408 e. The second-order valence-electron chi connectivity index (χ2n) is 5.84. The van der Waals surface area contributed by atoms with E-state index >= 15 is 0 Å². The summed E-state index contributed by atoms with van der Waals surface area (Å²) in [4.78, 5) is 3.43. The van der Waals surface area contributed by atoms with Gasteiger partial charge in [-0.1, -0.05) is 12.1 Å². The molecule has 0 amide bonds. The average Bonchev–Trinajstić information content (AvgIpc) is 2.51. The van der Waals surface area contributed by atoms with Crippen LogP contribution in [0.25, 0.3) is 0 Å². The van der Waals surface area contributed by atoms with E-state index in [9.17, 15) is 26.0 Å². The minimum Gasteiger partial charge on any atom is -0.380 e. The molecule has 2 heterocycles. The molecule has 0 aliphatic carbocycles. The smallest absolute Gasteiger partial charge is 0.380 e. The molecule has 1 aromatic heterocycles. The standard InChI is InChI=1S/C16H14F4N2O3S/c17-13-3-1-10(2-4-13)15(16(18,19)20)22-26(23,24)14-5-11(6-21-7-14)12-8-25-9-12/h1-7,12,15,22H,8-9H2. The highest BCUT2D eigenvalue weighted by atomic mass is 32.2. The quantitative estimate of drug-likeness (QED) is 0.798. The van der Waals surface area contributed by atoms with Crippen molar-refractivity contribution in [2.24, 2.45) is 0 Å². The Kier molecular flexibility index (Phi) is 5.00. The zero-order chi connectivity index (χ0) is 18.9. The van der Waals surface area contributed by atoms with Crippen LogP contribution in [0.4, 0.5) is 17.6 Å². The van der Waals surface area contributed by atoms with Gasteiger partial charge in [-0.15, -0.1) is 0 Å². The van der Waals surface area contributed by atoms with Crippen LogP contribution >= 0.6 is 0 Å². The fourth-order valence-electron chi connectivity index (χ4n) is 2.44. The van der Waals surface area contributed by atoms with Crippen molar-refractivity contribution in [3.05, 3.63) is 59.7 Å². The van der Waals surface area contributed by atoms with Crippen molar-refractivity contribution in [2.75, 3.05) is 13.2 Å². The molecule has 140 valence electrons. The van der Waals surface area contributed by atoms with Crippen LogP contribution in [0.1, 0.15) is 23.1 Å². The number of nitrogens with zero attached hydrogens (tertiary/aromatic N) is 1. The molecule has 2 aromatic rings. The summed E-state index contributed by atoms with van der Waals surface area (Å²) in [6, 6.07) is 2.21. The first-order valence-electron chi connectivity index (χ1n) is 7.54. The van der Waals surface area contributed by atoms with E-state index in [0.29, 0.717) is 18.8 Å². The molecule has 1 atom stereocenters. The maximum atomic E-state index is 13.4. The van der Waals surface area contributed by atoms with E-state index in [0.717, 1.165) is 30.5 Å². The van der Waals surface area contributed by atoms with Gasteiger partial charge in [-0.3, -0.25) is 4.98 Å². The highest BCUT2D eigenvalue weighted by Crippen LogP contribution is 2.34. The molecule has 26 heavy (non-hydrogen) atoms. The third-order valence-electron chi connectivity index (χ3n) is 3.96. The summed E-state index contributed by atoms with van der Waals surface area (Å²) in [5, 5.41) is 0. The summed E-state index contributed by atoms with van der Waals surface area (Å²) in [5.74, 6) is -0.759. The Morgan fingerprint density at radius 2 is 1.81 bits per heavy atom. The molecule has 0 radical (unpaired) electrons. The molecule has 5 nitrogen and oxygen atoms in total. The van der Waals surface area contributed by atoms with Crippen LogP contribution in [0.2, 0.25) is 0 Å². The number of pyridine rings is 1. The number of hydrogen-bond donors (Lipinski definition) is 1. The summed E-state index contributed by atoms with van der Waals surface area (Å²) in [6.07, 6.45) is -2.48. The Balaban J connectivity index is 1.91. The van der Waals surface area contributed by atoms with Crippen molar-refractivity contribution >= 4 is 10.0 Å². The molecular formula is C16H14F4N2O3S. The monoisotopic (exact) mass is 390 g/mol. The molecule has 10 heteroatoms. The van der Waals surface area contributed by atoms with Gasteiger partial charge in [0.05, 0.1) is 13.2 Å². The van der Waals surface area contributed by atoms with E-state index in [1.807, 2.05) is 0 Å². The van der Waals surface area contributed by atoms with Gasteiger partial charge in [-0.2, -0.15) is 17.9 Å². The first-order valence-corrected chi connectivity index (χ1v) is 9.02. The minimum atomic E-state index is -4.91. The van der Waals surface area contributed by atoms with Gasteiger partial charge in [-0.05, 0) is 29.3 Å². The van der Waals surface area contributed by atoms with Gasteiger partial charge in [0.15, 0.2) is 0 Å². The van der Waals surface area contributed by atoms with Crippen molar-refractivity contribution in [2.45, 2.75) is 23.0 Å². The van der Waals surface area contributed by atoms with E-state index in [4.69, 9.17) is 4.74 Å². The molecule has 1 aromatic carbocycles. The van der Waals surface area contributed by atoms with E-state index < -0.39 is 33.6 Å². The van der Waals surface area contributed by atoms with Gasteiger partial charge < -0.3 is 4.74 Å². The normalized spacial score (nSPS) is 16.9. The molecule has 0 saturated carbocycles. The van der Waals surface area contributed by atoms with Crippen molar-refractivity contribution in [3.8, 4) is 0 Å². The number of nitrogens with one attached hydrogen (secondary N) is 1. The lowest BCUT2D eigenvalue weighted by Crippen LogP contribution is -2.38. The fourth-order valence-corrected chi connectivity index (χ4v) is 3.64. The first-order chi connectivity index (χ1) is 12.2. The van der Waals surface area contributed by atoms with Gasteiger partial charge >= 0.3 is 6.18 Å². The Morgan fingerprint density at radius 1 is 1.15 bits per heavy atom. The third-order valence-corrected chi connectivity index (χ3v) is 5.35. The summed E-state index contributed by atoms with van der Waals surface area (Å²) in [6.45, 7) is 0.804. The molecule has 0 spiro atoms. The van der Waals surface area contributed by atoms with Gasteiger partial charge in [0.1, 0.15) is 16.8 Å². The van der Waals surface area contributed by atoms with Gasteiger partial charge in [0, 0.05) is 18.3 Å². The van der Waals surface area contributed by atoms with Crippen LogP contribution in [-0.2, 0) is 14.8 Å². The minimum absolute atomic E-state index is 0.0341.